The molecular weight excluding hydrogens is 326 g/mol. The van der Waals surface area contributed by atoms with Gasteiger partial charge in [0.05, 0.1) is 12.4 Å². The van der Waals surface area contributed by atoms with Crippen LogP contribution in [0.15, 0.2) is 12.7 Å². The molecule has 0 radical (unpaired) electrons. The van der Waals surface area contributed by atoms with E-state index in [-0.39, 0.29) is 6.04 Å². The fourth-order valence-electron chi connectivity index (χ4n) is 3.10. The van der Waals surface area contributed by atoms with Gasteiger partial charge in [-0.05, 0) is 19.8 Å². The van der Waals surface area contributed by atoms with Crippen molar-refractivity contribution in [3.05, 3.63) is 17.7 Å². The summed E-state index contributed by atoms with van der Waals surface area (Å²) in [5, 5.41) is 13.1. The topological polar surface area (TPSA) is 122 Å². The number of nitrogen functional groups attached to an aromatic ring is 1. The molecule has 4 heterocycles. The van der Waals surface area contributed by atoms with Crippen molar-refractivity contribution in [2.24, 2.45) is 0 Å². The Balaban J connectivity index is 1.39. The molecule has 9 nitrogen and oxygen atoms in total. The third-order valence-corrected chi connectivity index (χ3v) is 5.24. The van der Waals surface area contributed by atoms with Crippen LogP contribution in [0.1, 0.15) is 30.8 Å². The highest BCUT2D eigenvalue weighted by Crippen LogP contribution is 2.25. The summed E-state index contributed by atoms with van der Waals surface area (Å²) in [5.41, 5.74) is 7.27. The van der Waals surface area contributed by atoms with Crippen molar-refractivity contribution >= 4 is 33.5 Å². The zero-order valence-corrected chi connectivity index (χ0v) is 14.1. The Bertz CT molecular complexity index is 820. The molecule has 1 aliphatic heterocycles. The minimum absolute atomic E-state index is 0.162. The van der Waals surface area contributed by atoms with Crippen LogP contribution in [-0.2, 0) is 0 Å². The van der Waals surface area contributed by atoms with E-state index in [9.17, 15) is 0 Å². The Hall–Kier alpha value is -2.33. The summed E-state index contributed by atoms with van der Waals surface area (Å²) in [6, 6.07) is 0.607. The van der Waals surface area contributed by atoms with Gasteiger partial charge in [-0.15, -0.1) is 10.2 Å². The first kappa shape index (κ1) is 15.2. The van der Waals surface area contributed by atoms with Gasteiger partial charge < -0.3 is 20.9 Å². The van der Waals surface area contributed by atoms with E-state index in [4.69, 9.17) is 5.73 Å². The molecule has 0 aromatic carbocycles. The van der Waals surface area contributed by atoms with Gasteiger partial charge in [-0.2, -0.15) is 0 Å². The largest absolute Gasteiger partial charge is 0.374 e. The van der Waals surface area contributed by atoms with Gasteiger partial charge >= 0.3 is 0 Å². The molecule has 1 saturated heterocycles. The van der Waals surface area contributed by atoms with E-state index in [0.717, 1.165) is 42.3 Å². The van der Waals surface area contributed by atoms with Gasteiger partial charge in [0, 0.05) is 19.1 Å². The summed E-state index contributed by atoms with van der Waals surface area (Å²) < 4.78 is 0. The minimum atomic E-state index is 0.162. The Morgan fingerprint density at radius 1 is 1.29 bits per heavy atom. The van der Waals surface area contributed by atoms with Crippen LogP contribution in [0.25, 0.3) is 11.2 Å². The van der Waals surface area contributed by atoms with E-state index in [0.29, 0.717) is 16.8 Å². The molecule has 24 heavy (non-hydrogen) atoms. The zero-order chi connectivity index (χ0) is 16.5. The molecule has 1 fully saturated rings. The van der Waals surface area contributed by atoms with Crippen LogP contribution in [0.3, 0.4) is 0 Å². The number of piperidine rings is 1. The number of nitrogens with zero attached hydrogens (tertiary/aromatic N) is 6. The van der Waals surface area contributed by atoms with E-state index in [1.54, 1.807) is 12.7 Å². The Morgan fingerprint density at radius 2 is 2.12 bits per heavy atom. The van der Waals surface area contributed by atoms with Gasteiger partial charge in [-0.3, -0.25) is 0 Å². The Kier molecular flexibility index (Phi) is 3.98. The monoisotopic (exact) mass is 345 g/mol. The number of nitrogens with two attached hydrogens (primary N) is 1. The first-order valence-corrected chi connectivity index (χ1v) is 8.76. The van der Waals surface area contributed by atoms with Crippen LogP contribution < -0.4 is 16.0 Å². The van der Waals surface area contributed by atoms with Crippen molar-refractivity contribution < 1.29 is 0 Å². The lowest BCUT2D eigenvalue weighted by Gasteiger charge is -2.34. The molecule has 1 atom stereocenters. The fraction of sp³-hybridized carbons (Fsp3) is 0.500. The predicted octanol–water partition coefficient (Wildman–Crippen LogP) is 1.11. The lowest BCUT2D eigenvalue weighted by Crippen LogP contribution is -2.43. The van der Waals surface area contributed by atoms with Crippen molar-refractivity contribution in [1.82, 2.24) is 35.5 Å². The number of nitrogens with one attached hydrogen (secondary N) is 2. The smallest absolute Gasteiger partial charge is 0.203 e. The van der Waals surface area contributed by atoms with Crippen molar-refractivity contribution in [3.8, 4) is 0 Å². The van der Waals surface area contributed by atoms with Crippen molar-refractivity contribution in [1.29, 1.82) is 0 Å². The average Bonchev–Trinajstić information content (AvgIpc) is 3.24. The molecule has 10 heteroatoms. The average molecular weight is 345 g/mol. The van der Waals surface area contributed by atoms with E-state index < -0.39 is 0 Å². The maximum Gasteiger partial charge on any atom is 0.203 e. The van der Waals surface area contributed by atoms with E-state index >= 15 is 0 Å². The molecule has 4 rings (SSSR count). The Labute approximate surface area is 142 Å². The standard InChI is InChI=1S/C14H19N9S/c1-8(13-21-22-14(15)24-13)20-9-2-4-23(5-3-9)12-10-11(17-6-16-10)18-7-19-12/h6-9,20H,2-5H2,1H3,(H2,15,22)(H,16,17,18,19)/t8-/m1/s1. The highest BCUT2D eigenvalue weighted by atomic mass is 32.1. The molecule has 0 saturated carbocycles. The van der Waals surface area contributed by atoms with E-state index in [1.165, 1.54) is 11.3 Å². The van der Waals surface area contributed by atoms with Gasteiger partial charge in [0.2, 0.25) is 5.13 Å². The summed E-state index contributed by atoms with van der Waals surface area (Å²) in [4.78, 5) is 18.2. The number of rotatable bonds is 4. The molecule has 126 valence electrons. The van der Waals surface area contributed by atoms with E-state index in [2.05, 4.69) is 47.3 Å². The maximum atomic E-state index is 5.66. The second-order valence-corrected chi connectivity index (χ2v) is 6.97. The first-order valence-electron chi connectivity index (χ1n) is 7.94. The quantitative estimate of drug-likeness (QED) is 0.643. The van der Waals surface area contributed by atoms with Crippen LogP contribution in [0, 0.1) is 0 Å². The van der Waals surface area contributed by atoms with Gasteiger partial charge in [0.15, 0.2) is 11.5 Å². The normalized spacial score (nSPS) is 17.5. The van der Waals surface area contributed by atoms with Crippen LogP contribution >= 0.6 is 11.3 Å². The second-order valence-electron chi connectivity index (χ2n) is 5.93. The number of hydrogen-bond donors (Lipinski definition) is 3. The lowest BCUT2D eigenvalue weighted by atomic mass is 10.0. The SMILES string of the molecule is C[C@@H](NC1CCN(c2ncnc3nc[nH]c23)CC1)c1nnc(N)s1. The van der Waals surface area contributed by atoms with Crippen LogP contribution in [-0.4, -0.2) is 49.3 Å². The number of fused-ring (bicyclic) bond motifs is 1. The van der Waals surface area contributed by atoms with Crippen LogP contribution in [0.2, 0.25) is 0 Å². The number of aromatic amines is 1. The minimum Gasteiger partial charge on any atom is -0.374 e. The number of hydrogen-bond acceptors (Lipinski definition) is 9. The van der Waals surface area contributed by atoms with Crippen molar-refractivity contribution in [3.63, 3.8) is 0 Å². The number of aromatic nitrogens is 6. The Morgan fingerprint density at radius 3 is 2.88 bits per heavy atom. The third kappa shape index (κ3) is 2.89. The van der Waals surface area contributed by atoms with E-state index in [1.807, 2.05) is 0 Å². The van der Waals surface area contributed by atoms with Gasteiger partial charge in [0.25, 0.3) is 0 Å². The fourth-order valence-corrected chi connectivity index (χ4v) is 3.72. The maximum absolute atomic E-state index is 5.66. The van der Waals surface area contributed by atoms with Crippen molar-refractivity contribution in [2.45, 2.75) is 31.8 Å². The molecule has 3 aromatic rings. The van der Waals surface area contributed by atoms with Crippen LogP contribution in [0.4, 0.5) is 10.9 Å². The lowest BCUT2D eigenvalue weighted by molar-refractivity contribution is 0.379. The summed E-state index contributed by atoms with van der Waals surface area (Å²) in [6.45, 7) is 3.98. The summed E-state index contributed by atoms with van der Waals surface area (Å²) >= 11 is 1.44. The summed E-state index contributed by atoms with van der Waals surface area (Å²) in [7, 11) is 0. The highest BCUT2D eigenvalue weighted by molar-refractivity contribution is 7.15. The number of H-pyrrole nitrogens is 1. The zero-order valence-electron chi connectivity index (χ0n) is 13.3. The molecule has 0 spiro atoms. The first-order chi connectivity index (χ1) is 11.7. The third-order valence-electron chi connectivity index (χ3n) is 4.31. The molecule has 1 aliphatic rings. The molecule has 0 unspecified atom stereocenters. The molecule has 4 N–H and O–H groups in total. The summed E-state index contributed by atoms with van der Waals surface area (Å²) in [5.74, 6) is 0.931. The van der Waals surface area contributed by atoms with Gasteiger partial charge in [-0.1, -0.05) is 11.3 Å². The number of imidazole rings is 1. The highest BCUT2D eigenvalue weighted by Gasteiger charge is 2.24. The molecule has 0 aliphatic carbocycles. The molecular formula is C14H19N9S. The number of anilines is 2. The van der Waals surface area contributed by atoms with Gasteiger partial charge in [0.1, 0.15) is 16.9 Å². The van der Waals surface area contributed by atoms with Gasteiger partial charge in [-0.25, -0.2) is 15.0 Å². The molecule has 3 aromatic heterocycles. The second kappa shape index (κ2) is 6.29. The van der Waals surface area contributed by atoms with Crippen LogP contribution in [0.5, 0.6) is 0 Å². The van der Waals surface area contributed by atoms with Crippen molar-refractivity contribution in [2.75, 3.05) is 23.7 Å². The molecule has 0 bridgehead atoms. The summed E-state index contributed by atoms with van der Waals surface area (Å²) in [6.07, 6.45) is 5.31. The predicted molar refractivity (Wildman–Crippen MR) is 92.8 cm³/mol. The molecule has 0 amide bonds.